The fraction of sp³-hybridized carbons (Fsp3) is 0.625. The number of hydrogen-bond acceptors (Lipinski definition) is 5. The van der Waals surface area contributed by atoms with Crippen molar-refractivity contribution in [2.75, 3.05) is 57.8 Å². The average molecular weight is 303 g/mol. The molecule has 6 heteroatoms. The number of carbonyl (C=O) groups is 1. The zero-order chi connectivity index (χ0) is 15.4. The van der Waals surface area contributed by atoms with E-state index in [2.05, 4.69) is 20.1 Å². The van der Waals surface area contributed by atoms with Crippen LogP contribution in [0.3, 0.4) is 0 Å². The molecule has 6 nitrogen and oxygen atoms in total. The van der Waals surface area contributed by atoms with Gasteiger partial charge < -0.3 is 15.1 Å². The lowest BCUT2D eigenvalue weighted by atomic mass is 10.2. The number of likely N-dealkylation sites (N-methyl/N-ethyl adjacent to an activating group) is 1. The van der Waals surface area contributed by atoms with Crippen LogP contribution in [0, 0.1) is 0 Å². The number of nitrogens with zero attached hydrogens (tertiary/aromatic N) is 4. The van der Waals surface area contributed by atoms with Gasteiger partial charge in [0.25, 0.3) is 0 Å². The lowest BCUT2D eigenvalue weighted by Crippen LogP contribution is -2.51. The second-order valence-corrected chi connectivity index (χ2v) is 6.10. The van der Waals surface area contributed by atoms with Crippen LogP contribution in [-0.2, 0) is 4.79 Å². The Hall–Kier alpha value is -1.66. The predicted octanol–water partition coefficient (Wildman–Crippen LogP) is 0.0239. The smallest absolute Gasteiger partial charge is 0.236 e. The van der Waals surface area contributed by atoms with Crippen molar-refractivity contribution in [3.63, 3.8) is 0 Å². The Kier molecular flexibility index (Phi) is 4.90. The normalized spacial score (nSPS) is 22.8. The van der Waals surface area contributed by atoms with Gasteiger partial charge in [-0.3, -0.25) is 9.69 Å². The standard InChI is InChI=1S/C16H25N5O/c1-19(14-5-7-17-12-14)16(22)13-20-8-10-21(11-9-20)15-4-2-3-6-18-15/h2-4,6,14,17H,5,7-13H2,1H3. The Balaban J connectivity index is 1.46. The van der Waals surface area contributed by atoms with Gasteiger partial charge in [-0.25, -0.2) is 4.98 Å². The highest BCUT2D eigenvalue weighted by Gasteiger charge is 2.26. The molecule has 2 aliphatic rings. The van der Waals surface area contributed by atoms with Gasteiger partial charge in [0.1, 0.15) is 5.82 Å². The Morgan fingerprint density at radius 3 is 2.82 bits per heavy atom. The van der Waals surface area contributed by atoms with E-state index in [4.69, 9.17) is 0 Å². The van der Waals surface area contributed by atoms with Gasteiger partial charge in [-0.1, -0.05) is 6.07 Å². The van der Waals surface area contributed by atoms with Gasteiger partial charge in [0.15, 0.2) is 0 Å². The van der Waals surface area contributed by atoms with Crippen molar-refractivity contribution in [3.8, 4) is 0 Å². The van der Waals surface area contributed by atoms with Crippen LogP contribution in [-0.4, -0.2) is 79.6 Å². The first-order chi connectivity index (χ1) is 10.7. The summed E-state index contributed by atoms with van der Waals surface area (Å²) in [6, 6.07) is 6.36. The summed E-state index contributed by atoms with van der Waals surface area (Å²) in [6.07, 6.45) is 2.89. The van der Waals surface area contributed by atoms with Crippen LogP contribution in [0.5, 0.6) is 0 Å². The van der Waals surface area contributed by atoms with Crippen molar-refractivity contribution in [3.05, 3.63) is 24.4 Å². The summed E-state index contributed by atoms with van der Waals surface area (Å²) in [5.41, 5.74) is 0. The highest BCUT2D eigenvalue weighted by molar-refractivity contribution is 5.78. The number of pyridine rings is 1. The summed E-state index contributed by atoms with van der Waals surface area (Å²) in [4.78, 5) is 23.2. The number of rotatable bonds is 4. The quantitative estimate of drug-likeness (QED) is 0.850. The molecule has 0 spiro atoms. The molecule has 1 amide bonds. The van der Waals surface area contributed by atoms with E-state index in [0.717, 1.165) is 51.5 Å². The molecule has 2 saturated heterocycles. The zero-order valence-electron chi connectivity index (χ0n) is 13.2. The lowest BCUT2D eigenvalue weighted by molar-refractivity contribution is -0.132. The highest BCUT2D eigenvalue weighted by Crippen LogP contribution is 2.13. The Morgan fingerprint density at radius 1 is 1.36 bits per heavy atom. The number of piperazine rings is 1. The topological polar surface area (TPSA) is 51.7 Å². The van der Waals surface area contributed by atoms with Crippen molar-refractivity contribution in [1.29, 1.82) is 0 Å². The summed E-state index contributed by atoms with van der Waals surface area (Å²) in [6.45, 7) is 6.17. The number of hydrogen-bond donors (Lipinski definition) is 1. The number of anilines is 1. The average Bonchev–Trinajstić information content (AvgIpc) is 3.10. The molecule has 0 aliphatic carbocycles. The van der Waals surface area contributed by atoms with Crippen LogP contribution in [0.1, 0.15) is 6.42 Å². The third kappa shape index (κ3) is 3.56. The van der Waals surface area contributed by atoms with Gasteiger partial charge in [-0.05, 0) is 25.1 Å². The highest BCUT2D eigenvalue weighted by atomic mass is 16.2. The van der Waals surface area contributed by atoms with E-state index in [1.165, 1.54) is 0 Å². The maximum absolute atomic E-state index is 12.4. The molecule has 3 rings (SSSR count). The second-order valence-electron chi connectivity index (χ2n) is 6.10. The molecular weight excluding hydrogens is 278 g/mol. The molecule has 1 atom stereocenters. The molecule has 1 aromatic rings. The van der Waals surface area contributed by atoms with E-state index in [9.17, 15) is 4.79 Å². The SMILES string of the molecule is CN(C(=O)CN1CCN(c2ccccn2)CC1)C1CCNC1. The van der Waals surface area contributed by atoms with E-state index in [1.54, 1.807) is 0 Å². The summed E-state index contributed by atoms with van der Waals surface area (Å²) in [5.74, 6) is 1.27. The Bertz CT molecular complexity index is 481. The molecule has 0 bridgehead atoms. The summed E-state index contributed by atoms with van der Waals surface area (Å²) in [5, 5.41) is 3.31. The van der Waals surface area contributed by atoms with Gasteiger partial charge in [-0.15, -0.1) is 0 Å². The number of nitrogens with one attached hydrogen (secondary N) is 1. The maximum Gasteiger partial charge on any atom is 0.236 e. The number of amides is 1. The van der Waals surface area contributed by atoms with Crippen molar-refractivity contribution in [2.24, 2.45) is 0 Å². The van der Waals surface area contributed by atoms with Crippen molar-refractivity contribution in [2.45, 2.75) is 12.5 Å². The van der Waals surface area contributed by atoms with E-state index in [1.807, 2.05) is 36.3 Å². The fourth-order valence-corrected chi connectivity index (χ4v) is 3.15. The first-order valence-electron chi connectivity index (χ1n) is 8.09. The Morgan fingerprint density at radius 2 is 2.18 bits per heavy atom. The van der Waals surface area contributed by atoms with Crippen LogP contribution < -0.4 is 10.2 Å². The summed E-state index contributed by atoms with van der Waals surface area (Å²) in [7, 11) is 1.93. The van der Waals surface area contributed by atoms with Crippen LogP contribution in [0.4, 0.5) is 5.82 Å². The minimum Gasteiger partial charge on any atom is -0.354 e. The number of carbonyl (C=O) groups excluding carboxylic acids is 1. The van der Waals surface area contributed by atoms with Gasteiger partial charge in [0.05, 0.1) is 6.54 Å². The van der Waals surface area contributed by atoms with Gasteiger partial charge in [0, 0.05) is 52.0 Å². The van der Waals surface area contributed by atoms with E-state index in [0.29, 0.717) is 12.6 Å². The van der Waals surface area contributed by atoms with Crippen LogP contribution in [0.2, 0.25) is 0 Å². The Labute approximate surface area is 132 Å². The molecule has 0 saturated carbocycles. The largest absolute Gasteiger partial charge is 0.354 e. The van der Waals surface area contributed by atoms with Gasteiger partial charge in [0.2, 0.25) is 5.91 Å². The lowest BCUT2D eigenvalue weighted by Gasteiger charge is -2.36. The zero-order valence-corrected chi connectivity index (χ0v) is 13.2. The third-order valence-corrected chi connectivity index (χ3v) is 4.68. The van der Waals surface area contributed by atoms with Gasteiger partial charge >= 0.3 is 0 Å². The minimum absolute atomic E-state index is 0.236. The monoisotopic (exact) mass is 303 g/mol. The molecule has 1 unspecified atom stereocenters. The van der Waals surface area contributed by atoms with E-state index >= 15 is 0 Å². The van der Waals surface area contributed by atoms with Crippen molar-refractivity contribution < 1.29 is 4.79 Å². The summed E-state index contributed by atoms with van der Waals surface area (Å²) >= 11 is 0. The third-order valence-electron chi connectivity index (χ3n) is 4.68. The molecule has 1 aromatic heterocycles. The van der Waals surface area contributed by atoms with E-state index in [-0.39, 0.29) is 5.91 Å². The molecule has 2 aliphatic heterocycles. The molecule has 0 aromatic carbocycles. The first-order valence-corrected chi connectivity index (χ1v) is 8.09. The minimum atomic E-state index is 0.236. The van der Waals surface area contributed by atoms with Crippen LogP contribution in [0.15, 0.2) is 24.4 Å². The van der Waals surface area contributed by atoms with Crippen molar-refractivity contribution in [1.82, 2.24) is 20.1 Å². The molecule has 2 fully saturated rings. The molecule has 0 radical (unpaired) electrons. The second kappa shape index (κ2) is 7.07. The van der Waals surface area contributed by atoms with Crippen LogP contribution >= 0.6 is 0 Å². The molecule has 1 N–H and O–H groups in total. The summed E-state index contributed by atoms with van der Waals surface area (Å²) < 4.78 is 0. The van der Waals surface area contributed by atoms with E-state index < -0.39 is 0 Å². The maximum atomic E-state index is 12.4. The molecular formula is C16H25N5O. The molecule has 22 heavy (non-hydrogen) atoms. The first kappa shape index (κ1) is 15.2. The van der Waals surface area contributed by atoms with Crippen LogP contribution in [0.25, 0.3) is 0 Å². The number of aromatic nitrogens is 1. The molecule has 120 valence electrons. The predicted molar refractivity (Wildman–Crippen MR) is 86.9 cm³/mol. The van der Waals surface area contributed by atoms with Crippen molar-refractivity contribution >= 4 is 11.7 Å². The fourth-order valence-electron chi connectivity index (χ4n) is 3.15. The van der Waals surface area contributed by atoms with Gasteiger partial charge in [-0.2, -0.15) is 0 Å². The molecule has 3 heterocycles.